The van der Waals surface area contributed by atoms with Crippen LogP contribution in [-0.4, -0.2) is 23.4 Å². The molecule has 3 N–H and O–H groups in total. The number of halogens is 1. The van der Waals surface area contributed by atoms with Crippen LogP contribution in [0.15, 0.2) is 18.5 Å². The summed E-state index contributed by atoms with van der Waals surface area (Å²) in [5, 5.41) is 0. The van der Waals surface area contributed by atoms with E-state index in [1.165, 1.54) is 12.3 Å². The van der Waals surface area contributed by atoms with Gasteiger partial charge >= 0.3 is 0 Å². The second-order valence-electron chi connectivity index (χ2n) is 2.54. The molecule has 0 unspecified atom stereocenters. The number of aromatic nitrogens is 1. The van der Waals surface area contributed by atoms with E-state index in [-0.39, 0.29) is 5.56 Å². The average molecular weight is 213 g/mol. The average Bonchev–Trinajstić information content (AvgIpc) is 2.17. The molecule has 0 saturated carbocycles. The molecule has 1 aromatic rings. The molecule has 80 valence electrons. The first-order chi connectivity index (χ1) is 7.11. The predicted molar refractivity (Wildman–Crippen MR) is 46.8 cm³/mol. The van der Waals surface area contributed by atoms with E-state index in [9.17, 15) is 14.0 Å². The highest BCUT2D eigenvalue weighted by Gasteiger charge is 2.11. The van der Waals surface area contributed by atoms with E-state index < -0.39 is 24.2 Å². The van der Waals surface area contributed by atoms with Gasteiger partial charge in [0.1, 0.15) is 0 Å². The van der Waals surface area contributed by atoms with Crippen LogP contribution in [0.3, 0.4) is 0 Å². The molecular formula is C8H8FN3O3. The third-order valence-corrected chi connectivity index (χ3v) is 1.40. The number of nitrogens with one attached hydrogen (secondary N) is 1. The van der Waals surface area contributed by atoms with Gasteiger partial charge in [0.25, 0.3) is 5.91 Å². The fourth-order valence-electron chi connectivity index (χ4n) is 0.787. The molecule has 0 fully saturated rings. The number of carbonyl (C=O) groups excluding carboxylic acids is 2. The van der Waals surface area contributed by atoms with Crippen molar-refractivity contribution in [3.8, 4) is 0 Å². The quantitative estimate of drug-likeness (QED) is 0.651. The number of hydroxylamine groups is 1. The molecule has 2 amide bonds. The zero-order chi connectivity index (χ0) is 11.3. The SMILES string of the molecule is NC(=O)CONC(=O)c1ccncc1F. The fraction of sp³-hybridized carbons (Fsp3) is 0.125. The Morgan fingerprint density at radius 3 is 2.93 bits per heavy atom. The maximum atomic E-state index is 13.0. The minimum absolute atomic E-state index is 0.227. The summed E-state index contributed by atoms with van der Waals surface area (Å²) in [6, 6.07) is 1.18. The van der Waals surface area contributed by atoms with Crippen molar-refractivity contribution < 1.29 is 18.8 Å². The van der Waals surface area contributed by atoms with E-state index in [2.05, 4.69) is 9.82 Å². The van der Waals surface area contributed by atoms with Gasteiger partial charge in [-0.15, -0.1) is 0 Å². The van der Waals surface area contributed by atoms with Gasteiger partial charge in [-0.1, -0.05) is 0 Å². The highest BCUT2D eigenvalue weighted by Crippen LogP contribution is 2.03. The van der Waals surface area contributed by atoms with E-state index in [0.717, 1.165) is 6.20 Å². The molecule has 0 aliphatic carbocycles. The summed E-state index contributed by atoms with van der Waals surface area (Å²) in [5.41, 5.74) is 6.38. The highest BCUT2D eigenvalue weighted by molar-refractivity contribution is 5.93. The number of amides is 2. The summed E-state index contributed by atoms with van der Waals surface area (Å²) in [6.07, 6.45) is 2.15. The Morgan fingerprint density at radius 1 is 1.60 bits per heavy atom. The molecule has 0 radical (unpaired) electrons. The Morgan fingerprint density at radius 2 is 2.33 bits per heavy atom. The zero-order valence-corrected chi connectivity index (χ0v) is 7.57. The van der Waals surface area contributed by atoms with E-state index in [1.54, 1.807) is 0 Å². The van der Waals surface area contributed by atoms with Crippen LogP contribution in [0.5, 0.6) is 0 Å². The molecule has 0 aromatic carbocycles. The van der Waals surface area contributed by atoms with Gasteiger partial charge in [0.05, 0.1) is 11.8 Å². The first kappa shape index (κ1) is 11.1. The number of nitrogens with zero attached hydrogens (tertiary/aromatic N) is 1. The molecular weight excluding hydrogens is 205 g/mol. The van der Waals surface area contributed by atoms with Crippen LogP contribution in [0.4, 0.5) is 4.39 Å². The maximum absolute atomic E-state index is 13.0. The zero-order valence-electron chi connectivity index (χ0n) is 7.57. The molecule has 0 aliphatic heterocycles. The molecule has 0 saturated heterocycles. The minimum atomic E-state index is -0.809. The van der Waals surface area contributed by atoms with Gasteiger partial charge in [-0.3, -0.25) is 19.4 Å². The number of carbonyl (C=O) groups is 2. The van der Waals surface area contributed by atoms with Gasteiger partial charge in [-0.05, 0) is 6.07 Å². The number of primary amides is 1. The summed E-state index contributed by atoms with van der Waals surface area (Å²) >= 11 is 0. The van der Waals surface area contributed by atoms with Gasteiger partial charge in [-0.25, -0.2) is 9.87 Å². The van der Waals surface area contributed by atoms with Gasteiger partial charge in [0, 0.05) is 6.20 Å². The van der Waals surface area contributed by atoms with Crippen LogP contribution >= 0.6 is 0 Å². The summed E-state index contributed by atoms with van der Waals surface area (Å²) in [5.74, 6) is -2.33. The second-order valence-corrected chi connectivity index (χ2v) is 2.54. The lowest BCUT2D eigenvalue weighted by molar-refractivity contribution is -0.124. The topological polar surface area (TPSA) is 94.3 Å². The highest BCUT2D eigenvalue weighted by atomic mass is 19.1. The lowest BCUT2D eigenvalue weighted by Gasteiger charge is -2.04. The van der Waals surface area contributed by atoms with Crippen LogP contribution in [0.1, 0.15) is 10.4 Å². The normalized spacial score (nSPS) is 9.67. The first-order valence-corrected chi connectivity index (χ1v) is 3.91. The fourth-order valence-corrected chi connectivity index (χ4v) is 0.787. The smallest absolute Gasteiger partial charge is 0.277 e. The van der Waals surface area contributed by atoms with Crippen molar-refractivity contribution >= 4 is 11.8 Å². The number of pyridine rings is 1. The Hall–Kier alpha value is -2.02. The number of hydrogen-bond acceptors (Lipinski definition) is 4. The van der Waals surface area contributed by atoms with Crippen LogP contribution in [-0.2, 0) is 9.63 Å². The van der Waals surface area contributed by atoms with Crippen molar-refractivity contribution in [2.24, 2.45) is 5.73 Å². The van der Waals surface area contributed by atoms with Crippen molar-refractivity contribution in [1.29, 1.82) is 0 Å². The standard InChI is InChI=1S/C8H8FN3O3/c9-6-3-11-2-1-5(6)8(14)12-15-4-7(10)13/h1-3H,4H2,(H2,10,13)(H,12,14). The van der Waals surface area contributed by atoms with Crippen molar-refractivity contribution in [2.75, 3.05) is 6.61 Å². The van der Waals surface area contributed by atoms with Crippen molar-refractivity contribution in [3.05, 3.63) is 29.8 Å². The van der Waals surface area contributed by atoms with E-state index >= 15 is 0 Å². The third kappa shape index (κ3) is 3.31. The molecule has 0 spiro atoms. The molecule has 0 atom stereocenters. The van der Waals surface area contributed by atoms with Gasteiger partial charge in [0.15, 0.2) is 12.4 Å². The Kier molecular flexibility index (Phi) is 3.69. The lowest BCUT2D eigenvalue weighted by atomic mass is 10.2. The molecule has 15 heavy (non-hydrogen) atoms. The predicted octanol–water partition coefficient (Wildman–Crippen LogP) is -0.633. The number of rotatable bonds is 4. The lowest BCUT2D eigenvalue weighted by Crippen LogP contribution is -2.29. The summed E-state index contributed by atoms with van der Waals surface area (Å²) < 4.78 is 13.0. The van der Waals surface area contributed by atoms with Gasteiger partial charge < -0.3 is 5.73 Å². The van der Waals surface area contributed by atoms with Crippen LogP contribution in [0, 0.1) is 5.82 Å². The molecule has 6 nitrogen and oxygen atoms in total. The van der Waals surface area contributed by atoms with Crippen LogP contribution < -0.4 is 11.2 Å². The molecule has 7 heteroatoms. The molecule has 0 bridgehead atoms. The van der Waals surface area contributed by atoms with Gasteiger partial charge in [0.2, 0.25) is 5.91 Å². The Bertz CT molecular complexity index is 383. The Balaban J connectivity index is 2.54. The molecule has 0 aliphatic rings. The largest absolute Gasteiger partial charge is 0.368 e. The van der Waals surface area contributed by atoms with Crippen LogP contribution in [0.2, 0.25) is 0 Å². The van der Waals surface area contributed by atoms with Gasteiger partial charge in [-0.2, -0.15) is 0 Å². The van der Waals surface area contributed by atoms with E-state index in [0.29, 0.717) is 0 Å². The summed E-state index contributed by atoms with van der Waals surface area (Å²) in [6.45, 7) is -0.474. The van der Waals surface area contributed by atoms with Crippen molar-refractivity contribution in [2.45, 2.75) is 0 Å². The van der Waals surface area contributed by atoms with E-state index in [4.69, 9.17) is 5.73 Å². The molecule has 1 rings (SSSR count). The number of nitrogens with two attached hydrogens (primary N) is 1. The second kappa shape index (κ2) is 5.01. The third-order valence-electron chi connectivity index (χ3n) is 1.40. The molecule has 1 aromatic heterocycles. The maximum Gasteiger partial charge on any atom is 0.277 e. The van der Waals surface area contributed by atoms with Crippen LogP contribution in [0.25, 0.3) is 0 Å². The monoisotopic (exact) mass is 213 g/mol. The van der Waals surface area contributed by atoms with Crippen molar-refractivity contribution in [1.82, 2.24) is 10.5 Å². The minimum Gasteiger partial charge on any atom is -0.368 e. The Labute approximate surface area is 84.2 Å². The van der Waals surface area contributed by atoms with E-state index in [1.807, 2.05) is 5.48 Å². The summed E-state index contributed by atoms with van der Waals surface area (Å²) in [7, 11) is 0. The first-order valence-electron chi connectivity index (χ1n) is 3.91. The van der Waals surface area contributed by atoms with Crippen molar-refractivity contribution in [3.63, 3.8) is 0 Å². The number of hydrogen-bond donors (Lipinski definition) is 2. The molecule has 1 heterocycles. The summed E-state index contributed by atoms with van der Waals surface area (Å²) in [4.78, 5) is 29.3.